The molecule has 0 bridgehead atoms. The number of ether oxygens (including phenoxy) is 1. The van der Waals surface area contributed by atoms with Crippen molar-refractivity contribution in [1.82, 2.24) is 0 Å². The monoisotopic (exact) mass is 426 g/mol. The van der Waals surface area contributed by atoms with Gasteiger partial charge in [-0.25, -0.2) is 4.39 Å². The molecule has 32 heavy (non-hydrogen) atoms. The third-order valence-corrected chi connectivity index (χ3v) is 4.74. The van der Waals surface area contributed by atoms with Crippen LogP contribution < -0.4 is 10.1 Å². The zero-order chi connectivity index (χ0) is 22.9. The highest BCUT2D eigenvalue weighted by atomic mass is 19.1. The summed E-state index contributed by atoms with van der Waals surface area (Å²) in [6, 6.07) is 20.9. The zero-order valence-corrected chi connectivity index (χ0v) is 17.8. The Morgan fingerprint density at radius 2 is 1.84 bits per heavy atom. The van der Waals surface area contributed by atoms with Crippen LogP contribution in [-0.4, -0.2) is 5.91 Å². The summed E-state index contributed by atoms with van der Waals surface area (Å²) in [5.41, 5.74) is 4.11. The van der Waals surface area contributed by atoms with E-state index in [1.54, 1.807) is 48.6 Å². The summed E-state index contributed by atoms with van der Waals surface area (Å²) in [5, 5.41) is 12.2. The number of nitrogens with zero attached hydrogens (tertiary/aromatic N) is 1. The van der Waals surface area contributed by atoms with E-state index < -0.39 is 5.91 Å². The lowest BCUT2D eigenvalue weighted by Gasteiger charge is -2.12. The molecular formula is C27H23FN2O2. The van der Waals surface area contributed by atoms with Crippen LogP contribution in [0.25, 0.3) is 6.08 Å². The molecule has 0 saturated heterocycles. The highest BCUT2D eigenvalue weighted by Crippen LogP contribution is 2.24. The first-order valence-corrected chi connectivity index (χ1v) is 10.1. The van der Waals surface area contributed by atoms with Crippen molar-refractivity contribution >= 4 is 17.7 Å². The number of amides is 1. The number of nitrogens with one attached hydrogen (secondary N) is 1. The Bertz CT molecular complexity index is 1170. The maximum absolute atomic E-state index is 13.1. The molecule has 1 amide bonds. The predicted octanol–water partition coefficient (Wildman–Crippen LogP) is 5.99. The van der Waals surface area contributed by atoms with Crippen LogP contribution in [0.2, 0.25) is 0 Å². The van der Waals surface area contributed by atoms with Gasteiger partial charge < -0.3 is 10.1 Å². The van der Waals surface area contributed by atoms with Crippen molar-refractivity contribution in [3.8, 4) is 11.8 Å². The first-order valence-electron chi connectivity index (χ1n) is 10.1. The fourth-order valence-electron chi connectivity index (χ4n) is 3.04. The molecule has 1 N–H and O–H groups in total. The Morgan fingerprint density at radius 1 is 1.12 bits per heavy atom. The lowest BCUT2D eigenvalue weighted by Crippen LogP contribution is -2.13. The summed E-state index contributed by atoms with van der Waals surface area (Å²) < 4.78 is 19.0. The largest absolute Gasteiger partial charge is 0.489 e. The Kier molecular flexibility index (Phi) is 7.55. The van der Waals surface area contributed by atoms with Gasteiger partial charge in [-0.3, -0.25) is 4.79 Å². The fraction of sp³-hybridized carbons (Fsp3) is 0.111. The van der Waals surface area contributed by atoms with E-state index in [1.807, 2.05) is 31.2 Å². The van der Waals surface area contributed by atoms with Crippen molar-refractivity contribution in [2.24, 2.45) is 0 Å². The lowest BCUT2D eigenvalue weighted by atomic mass is 10.0. The number of benzene rings is 3. The number of carbonyl (C=O) groups is 1. The summed E-state index contributed by atoms with van der Waals surface area (Å²) in [6.07, 6.45) is 3.85. The van der Waals surface area contributed by atoms with Gasteiger partial charge in [0.25, 0.3) is 5.91 Å². The van der Waals surface area contributed by atoms with E-state index >= 15 is 0 Å². The van der Waals surface area contributed by atoms with E-state index in [0.717, 1.165) is 16.7 Å². The summed E-state index contributed by atoms with van der Waals surface area (Å²) in [6.45, 7) is 6.04. The number of halogens is 1. The first-order chi connectivity index (χ1) is 15.5. The number of carbonyl (C=O) groups excluding carboxylic acids is 1. The van der Waals surface area contributed by atoms with Crippen LogP contribution in [0.5, 0.6) is 5.75 Å². The highest BCUT2D eigenvalue weighted by Gasteiger charge is 2.11. The van der Waals surface area contributed by atoms with Crippen molar-refractivity contribution in [2.75, 3.05) is 5.32 Å². The van der Waals surface area contributed by atoms with Gasteiger partial charge in [-0.15, -0.1) is 6.58 Å². The van der Waals surface area contributed by atoms with Crippen molar-refractivity contribution in [3.63, 3.8) is 0 Å². The van der Waals surface area contributed by atoms with Crippen molar-refractivity contribution in [3.05, 3.63) is 113 Å². The minimum Gasteiger partial charge on any atom is -0.489 e. The SMILES string of the molecule is C=CCc1cc(/C=C(/C#N)C(=O)Nc2ccc(C)cc2)ccc1OCc1ccc(F)cc1. The van der Waals surface area contributed by atoms with Gasteiger partial charge in [0.15, 0.2) is 0 Å². The van der Waals surface area contributed by atoms with Crippen LogP contribution in [0.3, 0.4) is 0 Å². The average Bonchev–Trinajstić information content (AvgIpc) is 2.79. The molecule has 160 valence electrons. The zero-order valence-electron chi connectivity index (χ0n) is 17.8. The lowest BCUT2D eigenvalue weighted by molar-refractivity contribution is -0.112. The standard InChI is InChI=1S/C27H23FN2O2/c1-3-4-22-15-21(9-14-26(22)32-18-20-7-10-24(28)11-8-20)16-23(17-29)27(31)30-25-12-5-19(2)6-13-25/h3,5-16H,1,4,18H2,2H3,(H,30,31)/b23-16-. The molecule has 0 aromatic heterocycles. The van der Waals surface area contributed by atoms with Crippen molar-refractivity contribution in [2.45, 2.75) is 20.0 Å². The normalized spacial score (nSPS) is 10.8. The van der Waals surface area contributed by atoms with E-state index in [4.69, 9.17) is 4.74 Å². The molecule has 0 fully saturated rings. The molecule has 0 aliphatic rings. The second-order valence-corrected chi connectivity index (χ2v) is 7.27. The molecule has 0 saturated carbocycles. The Labute approximate surface area is 187 Å². The van der Waals surface area contributed by atoms with Gasteiger partial charge in [-0.2, -0.15) is 5.26 Å². The number of aryl methyl sites for hydroxylation is 1. The molecular weight excluding hydrogens is 403 g/mol. The number of rotatable bonds is 8. The van der Waals surface area contributed by atoms with Gasteiger partial charge >= 0.3 is 0 Å². The van der Waals surface area contributed by atoms with Crippen LogP contribution >= 0.6 is 0 Å². The Morgan fingerprint density at radius 3 is 2.50 bits per heavy atom. The molecule has 0 heterocycles. The summed E-state index contributed by atoms with van der Waals surface area (Å²) in [4.78, 5) is 12.5. The van der Waals surface area contributed by atoms with Crippen LogP contribution in [0, 0.1) is 24.1 Å². The quantitative estimate of drug-likeness (QED) is 0.273. The topological polar surface area (TPSA) is 62.1 Å². The number of hydrogen-bond acceptors (Lipinski definition) is 3. The molecule has 0 aliphatic carbocycles. The van der Waals surface area contributed by atoms with Crippen LogP contribution in [0.4, 0.5) is 10.1 Å². The van der Waals surface area contributed by atoms with Gasteiger partial charge in [0.2, 0.25) is 0 Å². The predicted molar refractivity (Wildman–Crippen MR) is 124 cm³/mol. The van der Waals surface area contributed by atoms with Gasteiger partial charge in [0.1, 0.15) is 29.8 Å². The second kappa shape index (κ2) is 10.7. The Hall–Kier alpha value is -4.17. The van der Waals surface area contributed by atoms with E-state index in [-0.39, 0.29) is 11.4 Å². The van der Waals surface area contributed by atoms with E-state index in [0.29, 0.717) is 30.0 Å². The maximum Gasteiger partial charge on any atom is 0.266 e. The smallest absolute Gasteiger partial charge is 0.266 e. The number of nitriles is 1. The summed E-state index contributed by atoms with van der Waals surface area (Å²) in [5.74, 6) is -0.107. The number of anilines is 1. The summed E-state index contributed by atoms with van der Waals surface area (Å²) >= 11 is 0. The molecule has 0 spiro atoms. The van der Waals surface area contributed by atoms with E-state index in [9.17, 15) is 14.4 Å². The molecule has 0 unspecified atom stereocenters. The van der Waals surface area contributed by atoms with Crippen LogP contribution in [0.15, 0.2) is 85.0 Å². The third kappa shape index (κ3) is 6.16. The van der Waals surface area contributed by atoms with Crippen LogP contribution in [-0.2, 0) is 17.8 Å². The molecule has 3 rings (SSSR count). The van der Waals surface area contributed by atoms with E-state index in [2.05, 4.69) is 11.9 Å². The van der Waals surface area contributed by atoms with Crippen molar-refractivity contribution in [1.29, 1.82) is 5.26 Å². The number of allylic oxidation sites excluding steroid dienone is 1. The van der Waals surface area contributed by atoms with E-state index in [1.165, 1.54) is 12.1 Å². The molecule has 3 aromatic carbocycles. The van der Waals surface area contributed by atoms with Gasteiger partial charge in [-0.1, -0.05) is 42.0 Å². The fourth-order valence-corrected chi connectivity index (χ4v) is 3.04. The second-order valence-electron chi connectivity index (χ2n) is 7.27. The molecule has 0 radical (unpaired) electrons. The molecule has 0 atom stereocenters. The molecule has 5 heteroatoms. The third-order valence-electron chi connectivity index (χ3n) is 4.74. The molecule has 0 aliphatic heterocycles. The van der Waals surface area contributed by atoms with Crippen LogP contribution in [0.1, 0.15) is 22.3 Å². The number of hydrogen-bond donors (Lipinski definition) is 1. The highest BCUT2D eigenvalue weighted by molar-refractivity contribution is 6.09. The Balaban J connectivity index is 1.77. The first kappa shape index (κ1) is 22.5. The minimum atomic E-state index is -0.474. The van der Waals surface area contributed by atoms with Crippen molar-refractivity contribution < 1.29 is 13.9 Å². The van der Waals surface area contributed by atoms with Gasteiger partial charge in [0.05, 0.1) is 0 Å². The van der Waals surface area contributed by atoms with Gasteiger partial charge in [-0.05, 0) is 72.5 Å². The molecule has 3 aromatic rings. The molecule has 4 nitrogen and oxygen atoms in total. The van der Waals surface area contributed by atoms with Gasteiger partial charge in [0, 0.05) is 5.69 Å². The maximum atomic E-state index is 13.1. The summed E-state index contributed by atoms with van der Waals surface area (Å²) in [7, 11) is 0. The average molecular weight is 426 g/mol. The minimum absolute atomic E-state index is 0.00453.